The van der Waals surface area contributed by atoms with Gasteiger partial charge in [0.2, 0.25) is 22.1 Å². The van der Waals surface area contributed by atoms with Crippen molar-refractivity contribution in [3.63, 3.8) is 0 Å². The fourth-order valence-corrected chi connectivity index (χ4v) is 6.00. The van der Waals surface area contributed by atoms with Crippen LogP contribution in [0, 0.1) is 0 Å². The Morgan fingerprint density at radius 1 is 0.861 bits per heavy atom. The Morgan fingerprint density at radius 3 is 2.28 bits per heavy atom. The van der Waals surface area contributed by atoms with Crippen molar-refractivity contribution in [1.29, 1.82) is 0 Å². The molecule has 6 rings (SSSR count). The molecule has 0 aliphatic carbocycles. The SMILES string of the molecule is O=S(=O)(c1ccc(Nc2nc(Cl)nc3cc4c(cc23)OCO4)cc1)N1CCN(c2ccccc2)CC1. The molecule has 0 amide bonds. The van der Waals surface area contributed by atoms with Gasteiger partial charge in [-0.15, -0.1) is 0 Å². The molecule has 2 aliphatic rings. The topological polar surface area (TPSA) is 96.9 Å². The van der Waals surface area contributed by atoms with Crippen LogP contribution < -0.4 is 19.7 Å². The summed E-state index contributed by atoms with van der Waals surface area (Å²) in [5.41, 5.74) is 2.37. The van der Waals surface area contributed by atoms with Crippen molar-refractivity contribution in [3.8, 4) is 11.5 Å². The zero-order chi connectivity index (χ0) is 24.7. The summed E-state index contributed by atoms with van der Waals surface area (Å²) in [7, 11) is -3.60. The van der Waals surface area contributed by atoms with Crippen molar-refractivity contribution < 1.29 is 17.9 Å². The summed E-state index contributed by atoms with van der Waals surface area (Å²) in [6.45, 7) is 2.29. The predicted molar refractivity (Wildman–Crippen MR) is 138 cm³/mol. The Kier molecular flexibility index (Phi) is 5.79. The summed E-state index contributed by atoms with van der Waals surface area (Å²) in [6, 6.07) is 20.2. The number of aromatic nitrogens is 2. The zero-order valence-corrected chi connectivity index (χ0v) is 20.7. The highest BCUT2D eigenvalue weighted by molar-refractivity contribution is 7.89. The number of hydrogen-bond acceptors (Lipinski definition) is 8. The predicted octanol–water partition coefficient (Wildman–Crippen LogP) is 4.27. The van der Waals surface area contributed by atoms with Gasteiger partial charge in [-0.1, -0.05) is 18.2 Å². The number of nitrogens with zero attached hydrogens (tertiary/aromatic N) is 4. The maximum Gasteiger partial charge on any atom is 0.243 e. The van der Waals surface area contributed by atoms with Gasteiger partial charge in [-0.05, 0) is 54.1 Å². The van der Waals surface area contributed by atoms with Crippen molar-refractivity contribution in [1.82, 2.24) is 14.3 Å². The summed E-state index contributed by atoms with van der Waals surface area (Å²) in [4.78, 5) is 11.0. The normalized spacial score (nSPS) is 15.9. The molecule has 1 N–H and O–H groups in total. The minimum Gasteiger partial charge on any atom is -0.454 e. The maximum absolute atomic E-state index is 13.3. The molecule has 3 aromatic carbocycles. The van der Waals surface area contributed by atoms with E-state index in [2.05, 4.69) is 20.2 Å². The van der Waals surface area contributed by atoms with Crippen LogP contribution in [0.25, 0.3) is 10.9 Å². The first-order chi connectivity index (χ1) is 17.5. The van der Waals surface area contributed by atoms with Gasteiger partial charge in [-0.3, -0.25) is 0 Å². The zero-order valence-electron chi connectivity index (χ0n) is 19.1. The number of anilines is 3. The van der Waals surface area contributed by atoms with Crippen molar-refractivity contribution in [2.45, 2.75) is 4.90 Å². The third-order valence-corrected chi connectivity index (χ3v) is 8.36. The molecule has 0 atom stereocenters. The summed E-state index contributed by atoms with van der Waals surface area (Å²) in [6.07, 6.45) is 0. The Balaban J connectivity index is 1.19. The molecule has 1 saturated heterocycles. The number of sulfonamides is 1. The summed E-state index contributed by atoms with van der Waals surface area (Å²) in [5.74, 6) is 1.68. The Labute approximate surface area is 213 Å². The van der Waals surface area contributed by atoms with E-state index in [-0.39, 0.29) is 17.0 Å². The first kappa shape index (κ1) is 22.8. The third kappa shape index (κ3) is 4.27. The summed E-state index contributed by atoms with van der Waals surface area (Å²) in [5, 5.41) is 4.00. The van der Waals surface area contributed by atoms with Gasteiger partial charge >= 0.3 is 0 Å². The largest absolute Gasteiger partial charge is 0.454 e. The van der Waals surface area contributed by atoms with Crippen molar-refractivity contribution >= 4 is 49.7 Å². The molecule has 0 radical (unpaired) electrons. The molecule has 2 aliphatic heterocycles. The molecular weight excluding hydrogens is 502 g/mol. The average molecular weight is 524 g/mol. The number of nitrogens with one attached hydrogen (secondary N) is 1. The number of fused-ring (bicyclic) bond motifs is 2. The van der Waals surface area contributed by atoms with Gasteiger partial charge in [0, 0.05) is 49.0 Å². The smallest absolute Gasteiger partial charge is 0.243 e. The van der Waals surface area contributed by atoms with Crippen LogP contribution in [0.3, 0.4) is 0 Å². The first-order valence-electron chi connectivity index (χ1n) is 11.4. The van der Waals surface area contributed by atoms with E-state index in [4.69, 9.17) is 21.1 Å². The van der Waals surface area contributed by atoms with E-state index in [1.54, 1.807) is 36.4 Å². The lowest BCUT2D eigenvalue weighted by atomic mass is 10.2. The average Bonchev–Trinajstić information content (AvgIpc) is 3.36. The van der Waals surface area contributed by atoms with Crippen LogP contribution in [0.5, 0.6) is 11.5 Å². The molecule has 0 saturated carbocycles. The third-order valence-electron chi connectivity index (χ3n) is 6.28. The fraction of sp³-hybridized carbons (Fsp3) is 0.200. The van der Waals surface area contributed by atoms with E-state index in [9.17, 15) is 8.42 Å². The molecule has 9 nitrogen and oxygen atoms in total. The van der Waals surface area contributed by atoms with Crippen LogP contribution in [-0.4, -0.2) is 55.7 Å². The van der Waals surface area contributed by atoms with E-state index in [0.717, 1.165) is 5.69 Å². The number of benzene rings is 3. The monoisotopic (exact) mass is 523 g/mol. The second kappa shape index (κ2) is 9.12. The second-order valence-corrected chi connectivity index (χ2v) is 10.7. The second-order valence-electron chi connectivity index (χ2n) is 8.44. The lowest BCUT2D eigenvalue weighted by Gasteiger charge is -2.35. The van der Waals surface area contributed by atoms with Gasteiger partial charge in [0.15, 0.2) is 11.5 Å². The quantitative estimate of drug-likeness (QED) is 0.387. The van der Waals surface area contributed by atoms with Gasteiger partial charge in [0.1, 0.15) is 5.82 Å². The van der Waals surface area contributed by atoms with Crippen molar-refractivity contribution in [3.05, 3.63) is 72.0 Å². The maximum atomic E-state index is 13.3. The van der Waals surface area contributed by atoms with Gasteiger partial charge in [0.25, 0.3) is 0 Å². The first-order valence-corrected chi connectivity index (χ1v) is 13.2. The molecule has 1 aromatic heterocycles. The number of ether oxygens (including phenoxy) is 2. The van der Waals surface area contributed by atoms with Gasteiger partial charge in [-0.25, -0.2) is 13.4 Å². The molecular formula is C25H22ClN5O4S. The lowest BCUT2D eigenvalue weighted by molar-refractivity contribution is 0.174. The molecule has 1 fully saturated rings. The fourth-order valence-electron chi connectivity index (χ4n) is 4.41. The van der Waals surface area contributed by atoms with E-state index in [1.165, 1.54) is 4.31 Å². The summed E-state index contributed by atoms with van der Waals surface area (Å²) >= 11 is 6.14. The lowest BCUT2D eigenvalue weighted by Crippen LogP contribution is -2.48. The molecule has 184 valence electrons. The standard InChI is InChI=1S/C25H22ClN5O4S/c26-25-28-21-15-23-22(34-16-35-23)14-20(21)24(29-25)27-17-6-8-19(9-7-17)36(32,33)31-12-10-30(11-13-31)18-4-2-1-3-5-18/h1-9,14-15H,10-13,16H2,(H,27,28,29). The molecule has 4 aromatic rings. The molecule has 3 heterocycles. The number of piperazine rings is 1. The molecule has 0 spiro atoms. The van der Waals surface area contributed by atoms with Gasteiger partial charge in [0.05, 0.1) is 10.4 Å². The Bertz CT molecular complexity index is 1530. The van der Waals surface area contributed by atoms with Crippen LogP contribution in [-0.2, 0) is 10.0 Å². The number of halogens is 1. The Hall–Kier alpha value is -3.60. The number of para-hydroxylation sites is 1. The van der Waals surface area contributed by atoms with Crippen LogP contribution in [0.2, 0.25) is 5.28 Å². The number of rotatable bonds is 5. The molecule has 36 heavy (non-hydrogen) atoms. The molecule has 0 unspecified atom stereocenters. The van der Waals surface area contributed by atoms with Gasteiger partial charge in [-0.2, -0.15) is 9.29 Å². The Morgan fingerprint density at radius 2 is 1.56 bits per heavy atom. The van der Waals surface area contributed by atoms with Crippen LogP contribution >= 0.6 is 11.6 Å². The minimum atomic E-state index is -3.60. The number of hydrogen-bond donors (Lipinski definition) is 1. The van der Waals surface area contributed by atoms with Gasteiger partial charge < -0.3 is 19.7 Å². The molecule has 11 heteroatoms. The highest BCUT2D eigenvalue weighted by Gasteiger charge is 2.28. The highest BCUT2D eigenvalue weighted by Crippen LogP contribution is 2.38. The van der Waals surface area contributed by atoms with E-state index < -0.39 is 10.0 Å². The van der Waals surface area contributed by atoms with Crippen LogP contribution in [0.4, 0.5) is 17.2 Å². The summed E-state index contributed by atoms with van der Waals surface area (Å²) < 4.78 is 38.9. The van der Waals surface area contributed by atoms with E-state index >= 15 is 0 Å². The van der Waals surface area contributed by atoms with Crippen molar-refractivity contribution in [2.75, 3.05) is 43.2 Å². The van der Waals surface area contributed by atoms with Crippen LogP contribution in [0.15, 0.2) is 71.6 Å². The molecule has 0 bridgehead atoms. The van der Waals surface area contributed by atoms with E-state index in [0.29, 0.717) is 60.1 Å². The van der Waals surface area contributed by atoms with Crippen molar-refractivity contribution in [2.24, 2.45) is 0 Å². The minimum absolute atomic E-state index is 0.0812. The van der Waals surface area contributed by atoms with Crippen LogP contribution in [0.1, 0.15) is 0 Å². The highest BCUT2D eigenvalue weighted by atomic mass is 35.5. The van der Waals surface area contributed by atoms with E-state index in [1.807, 2.05) is 30.3 Å².